The molecule has 2 heterocycles. The Morgan fingerprint density at radius 1 is 1.19 bits per heavy atom. The van der Waals surface area contributed by atoms with Gasteiger partial charge in [0.2, 0.25) is 0 Å². The van der Waals surface area contributed by atoms with Crippen LogP contribution in [0.2, 0.25) is 5.02 Å². The Kier molecular flexibility index (Phi) is 4.23. The van der Waals surface area contributed by atoms with Crippen molar-refractivity contribution in [2.45, 2.75) is 19.5 Å². The smallest absolute Gasteiger partial charge is 0.0498 e. The Hall–Kier alpha value is -1.84. The highest BCUT2D eigenvalue weighted by molar-refractivity contribution is 6.31. The zero-order valence-corrected chi connectivity index (χ0v) is 12.8. The van der Waals surface area contributed by atoms with Crippen molar-refractivity contribution in [3.05, 3.63) is 65.1 Å². The molecule has 0 spiro atoms. The molecular weight excluding hydrogens is 282 g/mol. The van der Waals surface area contributed by atoms with E-state index in [4.69, 9.17) is 11.6 Å². The molecule has 0 atom stereocenters. The Morgan fingerprint density at radius 3 is 2.76 bits per heavy atom. The summed E-state index contributed by atoms with van der Waals surface area (Å²) in [6, 6.07) is 10.2. The van der Waals surface area contributed by atoms with Gasteiger partial charge in [-0.2, -0.15) is 0 Å². The van der Waals surface area contributed by atoms with Crippen molar-refractivity contribution in [2.75, 3.05) is 7.05 Å². The van der Waals surface area contributed by atoms with Gasteiger partial charge in [0, 0.05) is 47.6 Å². The summed E-state index contributed by atoms with van der Waals surface area (Å²) in [6.45, 7) is 1.80. The van der Waals surface area contributed by atoms with Crippen molar-refractivity contribution >= 4 is 22.5 Å². The van der Waals surface area contributed by atoms with Gasteiger partial charge in [0.15, 0.2) is 0 Å². The molecule has 0 saturated heterocycles. The third kappa shape index (κ3) is 3.09. The number of aryl methyl sites for hydroxylation is 2. The van der Waals surface area contributed by atoms with Crippen molar-refractivity contribution in [2.24, 2.45) is 0 Å². The van der Waals surface area contributed by atoms with Gasteiger partial charge in [0.05, 0.1) is 0 Å². The fraction of sp³-hybridized carbons (Fsp3) is 0.235. The maximum Gasteiger partial charge on any atom is 0.0498 e. The summed E-state index contributed by atoms with van der Waals surface area (Å²) in [4.78, 5) is 4.06. The second kappa shape index (κ2) is 6.29. The standard InChI is InChI=1S/C17H18ClN3/c1-19-11-14-12-21(9-6-13-4-7-20-8-5-13)17-10-15(18)2-3-16(14)17/h2-5,7-8,10,12,19H,6,9,11H2,1H3. The molecule has 0 amide bonds. The number of aromatic nitrogens is 2. The number of hydrogen-bond donors (Lipinski definition) is 1. The molecule has 3 nitrogen and oxygen atoms in total. The monoisotopic (exact) mass is 299 g/mol. The van der Waals surface area contributed by atoms with Gasteiger partial charge in [-0.1, -0.05) is 17.7 Å². The van der Waals surface area contributed by atoms with E-state index in [9.17, 15) is 0 Å². The molecule has 21 heavy (non-hydrogen) atoms. The first-order chi connectivity index (χ1) is 10.3. The van der Waals surface area contributed by atoms with E-state index in [1.807, 2.05) is 31.6 Å². The first-order valence-electron chi connectivity index (χ1n) is 7.08. The highest BCUT2D eigenvalue weighted by atomic mass is 35.5. The molecule has 3 rings (SSSR count). The van der Waals surface area contributed by atoms with E-state index in [0.717, 1.165) is 24.5 Å². The predicted octanol–water partition coefficient (Wildman–Crippen LogP) is 3.65. The lowest BCUT2D eigenvalue weighted by Gasteiger charge is -2.05. The van der Waals surface area contributed by atoms with Crippen LogP contribution < -0.4 is 5.32 Å². The highest BCUT2D eigenvalue weighted by Gasteiger charge is 2.08. The molecule has 1 aromatic carbocycles. The summed E-state index contributed by atoms with van der Waals surface area (Å²) in [5.74, 6) is 0. The third-order valence-corrected chi connectivity index (χ3v) is 3.92. The molecule has 0 unspecified atom stereocenters. The van der Waals surface area contributed by atoms with Gasteiger partial charge >= 0.3 is 0 Å². The maximum absolute atomic E-state index is 6.16. The molecule has 0 aliphatic carbocycles. The van der Waals surface area contributed by atoms with Crippen LogP contribution in [0.3, 0.4) is 0 Å². The fourth-order valence-corrected chi connectivity index (χ4v) is 2.82. The zero-order chi connectivity index (χ0) is 14.7. The molecule has 4 heteroatoms. The number of pyridine rings is 1. The minimum absolute atomic E-state index is 0.779. The second-order valence-electron chi connectivity index (χ2n) is 5.14. The number of fused-ring (bicyclic) bond motifs is 1. The van der Waals surface area contributed by atoms with Crippen LogP contribution in [0.4, 0.5) is 0 Å². The van der Waals surface area contributed by atoms with Crippen LogP contribution >= 0.6 is 11.6 Å². The molecule has 0 saturated carbocycles. The van der Waals surface area contributed by atoms with Gasteiger partial charge in [0.1, 0.15) is 0 Å². The number of nitrogens with one attached hydrogen (secondary N) is 1. The third-order valence-electron chi connectivity index (χ3n) is 3.68. The molecule has 0 fully saturated rings. The number of rotatable bonds is 5. The predicted molar refractivity (Wildman–Crippen MR) is 87.7 cm³/mol. The molecule has 3 aromatic rings. The van der Waals surface area contributed by atoms with E-state index in [2.05, 4.69) is 39.3 Å². The number of benzene rings is 1. The summed E-state index contributed by atoms with van der Waals surface area (Å²) in [5.41, 5.74) is 3.80. The van der Waals surface area contributed by atoms with Crippen molar-refractivity contribution in [1.82, 2.24) is 14.9 Å². The minimum Gasteiger partial charge on any atom is -0.347 e. The second-order valence-corrected chi connectivity index (χ2v) is 5.58. The average Bonchev–Trinajstić information content (AvgIpc) is 2.84. The summed E-state index contributed by atoms with van der Waals surface area (Å²) < 4.78 is 2.29. The Bertz CT molecular complexity index is 734. The average molecular weight is 300 g/mol. The lowest BCUT2D eigenvalue weighted by atomic mass is 10.2. The van der Waals surface area contributed by atoms with Gasteiger partial charge < -0.3 is 9.88 Å². The topological polar surface area (TPSA) is 29.9 Å². The summed E-state index contributed by atoms with van der Waals surface area (Å²) >= 11 is 6.16. The Balaban J connectivity index is 1.92. The van der Waals surface area contributed by atoms with Gasteiger partial charge in [-0.15, -0.1) is 0 Å². The van der Waals surface area contributed by atoms with Crippen molar-refractivity contribution in [3.63, 3.8) is 0 Å². The van der Waals surface area contributed by atoms with E-state index in [0.29, 0.717) is 0 Å². The molecule has 2 aromatic heterocycles. The summed E-state index contributed by atoms with van der Waals surface area (Å²) in [5, 5.41) is 5.27. The molecule has 0 bridgehead atoms. The molecule has 0 radical (unpaired) electrons. The van der Waals surface area contributed by atoms with Gasteiger partial charge in [-0.3, -0.25) is 4.98 Å². The molecule has 0 aliphatic rings. The largest absolute Gasteiger partial charge is 0.347 e. The van der Waals surface area contributed by atoms with Gasteiger partial charge in [0.25, 0.3) is 0 Å². The van der Waals surface area contributed by atoms with Crippen molar-refractivity contribution in [3.8, 4) is 0 Å². The minimum atomic E-state index is 0.779. The van der Waals surface area contributed by atoms with Crippen LogP contribution in [0.5, 0.6) is 0 Å². The number of hydrogen-bond acceptors (Lipinski definition) is 2. The van der Waals surface area contributed by atoms with Crippen LogP contribution in [-0.4, -0.2) is 16.6 Å². The fourth-order valence-electron chi connectivity index (χ4n) is 2.66. The SMILES string of the molecule is CNCc1cn(CCc2ccncc2)c2cc(Cl)ccc12. The lowest BCUT2D eigenvalue weighted by Crippen LogP contribution is -2.04. The van der Waals surface area contributed by atoms with Crippen molar-refractivity contribution in [1.29, 1.82) is 0 Å². The van der Waals surface area contributed by atoms with Crippen LogP contribution in [0.25, 0.3) is 10.9 Å². The molecular formula is C17H18ClN3. The number of halogens is 1. The maximum atomic E-state index is 6.16. The quantitative estimate of drug-likeness (QED) is 0.779. The zero-order valence-electron chi connectivity index (χ0n) is 12.0. The first kappa shape index (κ1) is 14.1. The normalized spacial score (nSPS) is 11.1. The molecule has 0 aliphatic heterocycles. The van der Waals surface area contributed by atoms with E-state index in [1.165, 1.54) is 22.0 Å². The van der Waals surface area contributed by atoms with Gasteiger partial charge in [-0.25, -0.2) is 0 Å². The highest BCUT2D eigenvalue weighted by Crippen LogP contribution is 2.25. The van der Waals surface area contributed by atoms with E-state index in [-0.39, 0.29) is 0 Å². The first-order valence-corrected chi connectivity index (χ1v) is 7.46. The molecule has 108 valence electrons. The van der Waals surface area contributed by atoms with E-state index in [1.54, 1.807) is 0 Å². The summed E-state index contributed by atoms with van der Waals surface area (Å²) in [7, 11) is 1.97. The van der Waals surface area contributed by atoms with Crippen LogP contribution in [-0.2, 0) is 19.5 Å². The van der Waals surface area contributed by atoms with Crippen LogP contribution in [0, 0.1) is 0 Å². The van der Waals surface area contributed by atoms with Crippen LogP contribution in [0.15, 0.2) is 48.9 Å². The summed E-state index contributed by atoms with van der Waals surface area (Å²) in [6.07, 6.45) is 6.88. The Labute approximate surface area is 129 Å². The Morgan fingerprint density at radius 2 is 2.00 bits per heavy atom. The van der Waals surface area contributed by atoms with Crippen LogP contribution in [0.1, 0.15) is 11.1 Å². The lowest BCUT2D eigenvalue weighted by molar-refractivity contribution is 0.714. The molecule has 1 N–H and O–H groups in total. The van der Waals surface area contributed by atoms with Gasteiger partial charge in [-0.05, 0) is 48.9 Å². The van der Waals surface area contributed by atoms with E-state index < -0.39 is 0 Å². The van der Waals surface area contributed by atoms with E-state index >= 15 is 0 Å². The number of nitrogens with zero attached hydrogens (tertiary/aromatic N) is 2. The van der Waals surface area contributed by atoms with Crippen molar-refractivity contribution < 1.29 is 0 Å².